The van der Waals surface area contributed by atoms with Gasteiger partial charge in [0.25, 0.3) is 0 Å². The lowest BCUT2D eigenvalue weighted by molar-refractivity contribution is 1.14. The van der Waals surface area contributed by atoms with Crippen molar-refractivity contribution in [2.45, 2.75) is 6.92 Å². The predicted octanol–water partition coefficient (Wildman–Crippen LogP) is 2.29. The smallest absolute Gasteiger partial charge is 0.142 e. The summed E-state index contributed by atoms with van der Waals surface area (Å²) in [5.74, 6) is 0. The first-order chi connectivity index (χ1) is 7.79. The molecule has 76 valence electrons. The number of rotatable bonds is 0. The maximum absolute atomic E-state index is 8.88. The predicted molar refractivity (Wildman–Crippen MR) is 60.8 cm³/mol. The van der Waals surface area contributed by atoms with E-state index in [-0.39, 0.29) is 0 Å². The summed E-state index contributed by atoms with van der Waals surface area (Å²) in [7, 11) is 0. The van der Waals surface area contributed by atoms with Gasteiger partial charge in [-0.25, -0.2) is 9.97 Å². The van der Waals surface area contributed by atoms with Crippen molar-refractivity contribution in [1.82, 2.24) is 15.0 Å². The Morgan fingerprint density at radius 2 is 2.19 bits per heavy atom. The summed E-state index contributed by atoms with van der Waals surface area (Å²) < 4.78 is 0. The summed E-state index contributed by atoms with van der Waals surface area (Å²) >= 11 is 0. The number of fused-ring (bicyclic) bond motifs is 3. The van der Waals surface area contributed by atoms with E-state index >= 15 is 0 Å². The van der Waals surface area contributed by atoms with Crippen LogP contribution in [0.2, 0.25) is 0 Å². The minimum atomic E-state index is 0.650. The Labute approximate surface area is 91.6 Å². The number of nitrogens with zero attached hydrogens (tertiary/aromatic N) is 3. The van der Waals surface area contributed by atoms with Gasteiger partial charge in [0.1, 0.15) is 12.0 Å². The summed E-state index contributed by atoms with van der Waals surface area (Å²) in [4.78, 5) is 11.6. The lowest BCUT2D eigenvalue weighted by atomic mass is 10.1. The maximum atomic E-state index is 8.88. The van der Waals surface area contributed by atoms with Gasteiger partial charge in [0.2, 0.25) is 0 Å². The average Bonchev–Trinajstić information content (AvgIpc) is 2.67. The Bertz CT molecular complexity index is 734. The highest BCUT2D eigenvalue weighted by atomic mass is 14.9. The zero-order valence-corrected chi connectivity index (χ0v) is 8.65. The van der Waals surface area contributed by atoms with Crippen molar-refractivity contribution in [3.05, 3.63) is 35.8 Å². The van der Waals surface area contributed by atoms with E-state index in [4.69, 9.17) is 5.26 Å². The Hall–Kier alpha value is -2.41. The van der Waals surface area contributed by atoms with Gasteiger partial charge in [0.05, 0.1) is 17.3 Å². The number of nitriles is 1. The highest BCUT2D eigenvalue weighted by Crippen LogP contribution is 2.26. The van der Waals surface area contributed by atoms with Gasteiger partial charge in [0.15, 0.2) is 0 Å². The Morgan fingerprint density at radius 3 is 3.00 bits per heavy atom. The molecule has 3 aromatic rings. The van der Waals surface area contributed by atoms with E-state index in [1.807, 2.05) is 19.1 Å². The van der Waals surface area contributed by atoms with Crippen LogP contribution in [0.1, 0.15) is 11.3 Å². The second-order valence-corrected chi connectivity index (χ2v) is 3.68. The third kappa shape index (κ3) is 1.09. The highest BCUT2D eigenvalue weighted by molar-refractivity contribution is 6.07. The molecule has 2 aromatic heterocycles. The van der Waals surface area contributed by atoms with Crippen LogP contribution in [-0.4, -0.2) is 15.0 Å². The first-order valence-electron chi connectivity index (χ1n) is 4.93. The number of H-pyrrole nitrogens is 1. The molecule has 16 heavy (non-hydrogen) atoms. The van der Waals surface area contributed by atoms with Crippen molar-refractivity contribution in [1.29, 1.82) is 5.26 Å². The first kappa shape index (κ1) is 8.86. The van der Waals surface area contributed by atoms with Crippen molar-refractivity contribution in [2.24, 2.45) is 0 Å². The molecule has 0 unspecified atom stereocenters. The number of aromatic amines is 1. The fourth-order valence-corrected chi connectivity index (χ4v) is 1.95. The van der Waals surface area contributed by atoms with Crippen LogP contribution in [0.4, 0.5) is 0 Å². The molecule has 0 amide bonds. The summed E-state index contributed by atoms with van der Waals surface area (Å²) in [6.45, 7) is 1.94. The van der Waals surface area contributed by atoms with E-state index in [0.717, 1.165) is 27.6 Å². The molecule has 0 aliphatic heterocycles. The van der Waals surface area contributed by atoms with Gasteiger partial charge in [-0.05, 0) is 25.1 Å². The SMILES string of the molecule is Cc1ncnc2[nH]c3ccc(C#N)cc3c12. The maximum Gasteiger partial charge on any atom is 0.142 e. The number of aromatic nitrogens is 3. The van der Waals surface area contributed by atoms with E-state index in [9.17, 15) is 0 Å². The van der Waals surface area contributed by atoms with Crippen LogP contribution < -0.4 is 0 Å². The molecule has 0 saturated carbocycles. The molecular formula is C12H8N4. The van der Waals surface area contributed by atoms with Crippen LogP contribution in [-0.2, 0) is 0 Å². The van der Waals surface area contributed by atoms with Gasteiger partial charge in [-0.2, -0.15) is 5.26 Å². The highest BCUT2D eigenvalue weighted by Gasteiger charge is 2.08. The number of hydrogen-bond donors (Lipinski definition) is 1. The molecule has 0 fully saturated rings. The molecule has 4 heteroatoms. The second kappa shape index (κ2) is 3.04. The van der Waals surface area contributed by atoms with E-state index in [1.165, 1.54) is 6.33 Å². The minimum Gasteiger partial charge on any atom is -0.339 e. The van der Waals surface area contributed by atoms with E-state index in [1.54, 1.807) is 6.07 Å². The normalized spacial score (nSPS) is 10.8. The van der Waals surface area contributed by atoms with Crippen LogP contribution >= 0.6 is 0 Å². The zero-order valence-electron chi connectivity index (χ0n) is 8.65. The van der Waals surface area contributed by atoms with Gasteiger partial charge in [-0.1, -0.05) is 0 Å². The van der Waals surface area contributed by atoms with Crippen LogP contribution in [0, 0.1) is 18.3 Å². The lowest BCUT2D eigenvalue weighted by Gasteiger charge is -1.94. The monoisotopic (exact) mass is 208 g/mol. The van der Waals surface area contributed by atoms with Crippen molar-refractivity contribution >= 4 is 21.9 Å². The molecule has 0 aliphatic carbocycles. The summed E-state index contributed by atoms with van der Waals surface area (Å²) in [6, 6.07) is 7.69. The molecule has 0 spiro atoms. The summed E-state index contributed by atoms with van der Waals surface area (Å²) in [5, 5.41) is 10.9. The number of nitrogens with one attached hydrogen (secondary N) is 1. The number of hydrogen-bond acceptors (Lipinski definition) is 3. The van der Waals surface area contributed by atoms with Crippen LogP contribution in [0.5, 0.6) is 0 Å². The molecule has 4 nitrogen and oxygen atoms in total. The third-order valence-corrected chi connectivity index (χ3v) is 2.71. The second-order valence-electron chi connectivity index (χ2n) is 3.68. The average molecular weight is 208 g/mol. The van der Waals surface area contributed by atoms with E-state index in [0.29, 0.717) is 5.56 Å². The van der Waals surface area contributed by atoms with Gasteiger partial charge in [0, 0.05) is 16.3 Å². The number of benzene rings is 1. The van der Waals surface area contributed by atoms with Gasteiger partial charge < -0.3 is 4.98 Å². The lowest BCUT2D eigenvalue weighted by Crippen LogP contribution is -1.84. The molecule has 0 aliphatic rings. The fraction of sp³-hybridized carbons (Fsp3) is 0.0833. The standard InChI is InChI=1S/C12H8N4/c1-7-11-9-4-8(5-13)2-3-10(9)16-12(11)15-6-14-7/h2-4,6H,1H3,(H,14,15,16). The molecular weight excluding hydrogens is 200 g/mol. The Morgan fingerprint density at radius 1 is 1.31 bits per heavy atom. The summed E-state index contributed by atoms with van der Waals surface area (Å²) in [5.41, 5.74) is 3.37. The molecule has 0 atom stereocenters. The molecule has 1 N–H and O–H groups in total. The van der Waals surface area contributed by atoms with Gasteiger partial charge in [-0.15, -0.1) is 0 Å². The minimum absolute atomic E-state index is 0.650. The van der Waals surface area contributed by atoms with E-state index in [2.05, 4.69) is 21.0 Å². The summed E-state index contributed by atoms with van der Waals surface area (Å²) in [6.07, 6.45) is 1.54. The van der Waals surface area contributed by atoms with Crippen molar-refractivity contribution in [3.63, 3.8) is 0 Å². The van der Waals surface area contributed by atoms with Crippen molar-refractivity contribution in [2.75, 3.05) is 0 Å². The van der Waals surface area contributed by atoms with Gasteiger partial charge >= 0.3 is 0 Å². The fourth-order valence-electron chi connectivity index (χ4n) is 1.95. The van der Waals surface area contributed by atoms with E-state index < -0.39 is 0 Å². The van der Waals surface area contributed by atoms with Crippen LogP contribution in [0.15, 0.2) is 24.5 Å². The van der Waals surface area contributed by atoms with Crippen LogP contribution in [0.25, 0.3) is 21.9 Å². The molecule has 0 saturated heterocycles. The quantitative estimate of drug-likeness (QED) is 0.616. The molecule has 3 rings (SSSR count). The molecule has 0 bridgehead atoms. The molecule has 1 aromatic carbocycles. The Kier molecular flexibility index (Phi) is 1.68. The third-order valence-electron chi connectivity index (χ3n) is 2.71. The zero-order chi connectivity index (χ0) is 11.1. The number of aryl methyl sites for hydroxylation is 1. The Balaban J connectivity index is 2.56. The van der Waals surface area contributed by atoms with Gasteiger partial charge in [-0.3, -0.25) is 0 Å². The molecule has 2 heterocycles. The molecule has 0 radical (unpaired) electrons. The van der Waals surface area contributed by atoms with Crippen molar-refractivity contribution in [3.8, 4) is 6.07 Å². The van der Waals surface area contributed by atoms with Crippen molar-refractivity contribution < 1.29 is 0 Å². The first-order valence-corrected chi connectivity index (χ1v) is 4.93. The van der Waals surface area contributed by atoms with Crippen LogP contribution in [0.3, 0.4) is 0 Å². The topological polar surface area (TPSA) is 65.4 Å². The largest absolute Gasteiger partial charge is 0.339 e.